The summed E-state index contributed by atoms with van der Waals surface area (Å²) in [6.45, 7) is 5.12. The molecule has 0 unspecified atom stereocenters. The van der Waals surface area contributed by atoms with Gasteiger partial charge in [-0.25, -0.2) is 4.98 Å². The summed E-state index contributed by atoms with van der Waals surface area (Å²) >= 11 is 1.48. The molecule has 0 atom stereocenters. The Labute approximate surface area is 134 Å². The summed E-state index contributed by atoms with van der Waals surface area (Å²) < 4.78 is 5.44. The summed E-state index contributed by atoms with van der Waals surface area (Å²) in [6, 6.07) is 7.81. The van der Waals surface area contributed by atoms with Crippen LogP contribution in [0, 0.1) is 6.92 Å². The van der Waals surface area contributed by atoms with Crippen LogP contribution in [0.15, 0.2) is 24.3 Å². The molecule has 0 bridgehead atoms. The van der Waals surface area contributed by atoms with E-state index in [0.717, 1.165) is 21.9 Å². The first-order valence-corrected chi connectivity index (χ1v) is 8.16. The van der Waals surface area contributed by atoms with Crippen molar-refractivity contribution >= 4 is 22.4 Å². The Morgan fingerprint density at radius 1 is 1.36 bits per heavy atom. The molecule has 0 spiro atoms. The van der Waals surface area contributed by atoms with E-state index >= 15 is 0 Å². The monoisotopic (exact) mass is 319 g/mol. The van der Waals surface area contributed by atoms with Gasteiger partial charge in [0.1, 0.15) is 5.75 Å². The van der Waals surface area contributed by atoms with Crippen LogP contribution in [0.2, 0.25) is 0 Å². The normalized spacial score (nSPS) is 10.5. The molecule has 22 heavy (non-hydrogen) atoms. The highest BCUT2D eigenvalue weighted by Crippen LogP contribution is 2.31. The smallest absolute Gasteiger partial charge is 0.226 e. The van der Waals surface area contributed by atoms with Gasteiger partial charge in [0.25, 0.3) is 0 Å². The van der Waals surface area contributed by atoms with Crippen molar-refractivity contribution in [2.45, 2.75) is 26.7 Å². The van der Waals surface area contributed by atoms with Crippen molar-refractivity contribution in [2.75, 3.05) is 18.5 Å². The third-order valence-electron chi connectivity index (χ3n) is 3.09. The predicted octanol–water partition coefficient (Wildman–Crippen LogP) is 3.19. The van der Waals surface area contributed by atoms with Gasteiger partial charge in [-0.15, -0.1) is 11.3 Å². The fourth-order valence-corrected chi connectivity index (χ4v) is 2.89. The number of nitrogens with one attached hydrogen (secondary N) is 1. The largest absolute Gasteiger partial charge is 0.494 e. The molecule has 1 aromatic heterocycles. The molecule has 2 aromatic rings. The quantitative estimate of drug-likeness (QED) is 0.821. The Hall–Kier alpha value is -1.92. The molecule has 0 fully saturated rings. The molecule has 0 aliphatic heterocycles. The second kappa shape index (κ2) is 7.91. The van der Waals surface area contributed by atoms with Crippen molar-refractivity contribution in [2.24, 2.45) is 5.73 Å². The van der Waals surface area contributed by atoms with Gasteiger partial charge in [0.2, 0.25) is 5.91 Å². The number of aryl methyl sites for hydroxylation is 1. The van der Waals surface area contributed by atoms with Crippen LogP contribution in [0.3, 0.4) is 0 Å². The molecule has 118 valence electrons. The van der Waals surface area contributed by atoms with Gasteiger partial charge in [-0.1, -0.05) is 0 Å². The number of rotatable bonds is 7. The summed E-state index contributed by atoms with van der Waals surface area (Å²) in [7, 11) is 0. The van der Waals surface area contributed by atoms with Gasteiger partial charge in [-0.05, 0) is 51.1 Å². The lowest BCUT2D eigenvalue weighted by atomic mass is 10.1. The van der Waals surface area contributed by atoms with E-state index in [1.807, 2.05) is 38.1 Å². The first kappa shape index (κ1) is 16.5. The Balaban J connectivity index is 2.10. The minimum absolute atomic E-state index is 0.0440. The second-order valence-corrected chi connectivity index (χ2v) is 6.02. The molecule has 2 rings (SSSR count). The third kappa shape index (κ3) is 4.29. The molecule has 0 saturated heterocycles. The Bertz CT molecular complexity index is 623. The van der Waals surface area contributed by atoms with Crippen molar-refractivity contribution in [1.82, 2.24) is 4.98 Å². The minimum Gasteiger partial charge on any atom is -0.494 e. The molecule has 1 amide bonds. The average Bonchev–Trinajstić information content (AvgIpc) is 2.87. The van der Waals surface area contributed by atoms with Gasteiger partial charge in [0.05, 0.1) is 12.3 Å². The SMILES string of the molecule is CCOc1ccc(-c2nc(NC(=O)CCCN)sc2C)cc1. The van der Waals surface area contributed by atoms with Gasteiger partial charge >= 0.3 is 0 Å². The van der Waals surface area contributed by atoms with Crippen LogP contribution in [0.1, 0.15) is 24.6 Å². The molecular weight excluding hydrogens is 298 g/mol. The Morgan fingerprint density at radius 2 is 2.09 bits per heavy atom. The number of amides is 1. The lowest BCUT2D eigenvalue weighted by molar-refractivity contribution is -0.116. The number of ether oxygens (including phenoxy) is 1. The van der Waals surface area contributed by atoms with E-state index in [4.69, 9.17) is 10.5 Å². The highest BCUT2D eigenvalue weighted by molar-refractivity contribution is 7.16. The van der Waals surface area contributed by atoms with Crippen molar-refractivity contribution in [3.05, 3.63) is 29.1 Å². The minimum atomic E-state index is -0.0440. The number of nitrogens with two attached hydrogens (primary N) is 1. The van der Waals surface area contributed by atoms with E-state index in [9.17, 15) is 4.79 Å². The van der Waals surface area contributed by atoms with Crippen LogP contribution >= 0.6 is 11.3 Å². The van der Waals surface area contributed by atoms with Gasteiger partial charge < -0.3 is 15.8 Å². The zero-order chi connectivity index (χ0) is 15.9. The van der Waals surface area contributed by atoms with Gasteiger partial charge in [0, 0.05) is 16.9 Å². The summed E-state index contributed by atoms with van der Waals surface area (Å²) in [5.74, 6) is 0.798. The number of aromatic nitrogens is 1. The van der Waals surface area contributed by atoms with E-state index in [-0.39, 0.29) is 5.91 Å². The van der Waals surface area contributed by atoms with Crippen LogP contribution in [-0.4, -0.2) is 24.0 Å². The number of carbonyl (C=O) groups excluding carboxylic acids is 1. The molecule has 0 aliphatic rings. The van der Waals surface area contributed by atoms with Crippen molar-refractivity contribution in [1.29, 1.82) is 0 Å². The Morgan fingerprint density at radius 3 is 2.73 bits per heavy atom. The average molecular weight is 319 g/mol. The summed E-state index contributed by atoms with van der Waals surface area (Å²) in [5, 5.41) is 3.46. The number of hydrogen-bond donors (Lipinski definition) is 2. The molecule has 1 aromatic carbocycles. The summed E-state index contributed by atoms with van der Waals surface area (Å²) in [4.78, 5) is 17.3. The first-order valence-electron chi connectivity index (χ1n) is 7.34. The molecule has 0 aliphatic carbocycles. The lowest BCUT2D eigenvalue weighted by Gasteiger charge is -2.04. The number of anilines is 1. The van der Waals surface area contributed by atoms with Crippen LogP contribution < -0.4 is 15.8 Å². The van der Waals surface area contributed by atoms with Crippen LogP contribution in [0.4, 0.5) is 5.13 Å². The maximum Gasteiger partial charge on any atom is 0.226 e. The molecule has 0 saturated carbocycles. The van der Waals surface area contributed by atoms with Crippen molar-refractivity contribution in [3.63, 3.8) is 0 Å². The number of benzene rings is 1. The fourth-order valence-electron chi connectivity index (χ4n) is 2.04. The fraction of sp³-hybridized carbons (Fsp3) is 0.375. The van der Waals surface area contributed by atoms with Gasteiger partial charge in [-0.3, -0.25) is 4.79 Å². The number of thiazole rings is 1. The highest BCUT2D eigenvalue weighted by Gasteiger charge is 2.12. The van der Waals surface area contributed by atoms with Crippen LogP contribution in [-0.2, 0) is 4.79 Å². The number of nitrogens with zero attached hydrogens (tertiary/aromatic N) is 1. The van der Waals surface area contributed by atoms with Gasteiger partial charge in [0.15, 0.2) is 5.13 Å². The van der Waals surface area contributed by atoms with Crippen LogP contribution in [0.25, 0.3) is 11.3 Å². The maximum absolute atomic E-state index is 11.7. The summed E-state index contributed by atoms with van der Waals surface area (Å²) in [5.41, 5.74) is 7.31. The predicted molar refractivity (Wildman–Crippen MR) is 90.4 cm³/mol. The van der Waals surface area contributed by atoms with E-state index in [2.05, 4.69) is 10.3 Å². The first-order chi connectivity index (χ1) is 10.6. The zero-order valence-electron chi connectivity index (χ0n) is 12.9. The van der Waals surface area contributed by atoms with Gasteiger partial charge in [-0.2, -0.15) is 0 Å². The van der Waals surface area contributed by atoms with E-state index < -0.39 is 0 Å². The molecule has 1 heterocycles. The summed E-state index contributed by atoms with van der Waals surface area (Å²) in [6.07, 6.45) is 1.11. The lowest BCUT2D eigenvalue weighted by Crippen LogP contribution is -2.13. The molecule has 6 heteroatoms. The zero-order valence-corrected chi connectivity index (χ0v) is 13.7. The molecule has 3 N–H and O–H groups in total. The number of carbonyl (C=O) groups is 1. The number of hydrogen-bond acceptors (Lipinski definition) is 5. The van der Waals surface area contributed by atoms with Crippen LogP contribution in [0.5, 0.6) is 5.75 Å². The van der Waals surface area contributed by atoms with Crippen molar-refractivity contribution < 1.29 is 9.53 Å². The maximum atomic E-state index is 11.7. The van der Waals surface area contributed by atoms with E-state index in [1.54, 1.807) is 0 Å². The highest BCUT2D eigenvalue weighted by atomic mass is 32.1. The topological polar surface area (TPSA) is 77.2 Å². The molecule has 0 radical (unpaired) electrons. The van der Waals surface area contributed by atoms with Crippen molar-refractivity contribution in [3.8, 4) is 17.0 Å². The second-order valence-electron chi connectivity index (χ2n) is 4.82. The van der Waals surface area contributed by atoms with E-state index in [1.165, 1.54) is 11.3 Å². The Kier molecular flexibility index (Phi) is 5.91. The molecular formula is C16H21N3O2S. The van der Waals surface area contributed by atoms with E-state index in [0.29, 0.717) is 31.1 Å². The third-order valence-corrected chi connectivity index (χ3v) is 3.98. The molecule has 5 nitrogen and oxygen atoms in total. The standard InChI is InChI=1S/C16H21N3O2S/c1-3-21-13-8-6-12(7-9-13)15-11(2)22-16(19-15)18-14(20)5-4-10-17/h6-9H,3-5,10,17H2,1-2H3,(H,18,19,20).